The monoisotopic (exact) mass is 278 g/mol. The van der Waals surface area contributed by atoms with E-state index in [9.17, 15) is 4.79 Å². The Hall–Kier alpha value is -1.39. The Morgan fingerprint density at radius 3 is 2.65 bits per heavy atom. The van der Waals surface area contributed by atoms with E-state index in [2.05, 4.69) is 5.32 Å². The van der Waals surface area contributed by atoms with Crippen LogP contribution < -0.4 is 5.32 Å². The summed E-state index contributed by atoms with van der Waals surface area (Å²) in [6.07, 6.45) is 0.518. The average molecular weight is 278 g/mol. The van der Waals surface area contributed by atoms with Crippen molar-refractivity contribution in [2.75, 3.05) is 26.8 Å². The van der Waals surface area contributed by atoms with Gasteiger partial charge in [0.2, 0.25) is 5.91 Å². The molecule has 0 heterocycles. The zero-order valence-electron chi connectivity index (χ0n) is 12.8. The normalized spacial score (nSPS) is 12.2. The average Bonchev–Trinajstić information content (AvgIpc) is 2.44. The summed E-state index contributed by atoms with van der Waals surface area (Å²) < 4.78 is 5.10. The van der Waals surface area contributed by atoms with Crippen LogP contribution in [0.2, 0.25) is 0 Å². The summed E-state index contributed by atoms with van der Waals surface area (Å²) in [5, 5.41) is 3.27. The fourth-order valence-electron chi connectivity index (χ4n) is 2.11. The summed E-state index contributed by atoms with van der Waals surface area (Å²) in [5.74, 6) is 0.166. The lowest BCUT2D eigenvalue weighted by molar-refractivity contribution is -0.132. The number of amides is 1. The molecular weight excluding hydrogens is 252 g/mol. The van der Waals surface area contributed by atoms with Crippen LogP contribution >= 0.6 is 0 Å². The van der Waals surface area contributed by atoms with Gasteiger partial charge in [0.25, 0.3) is 0 Å². The first-order chi connectivity index (χ1) is 9.67. The second-order valence-corrected chi connectivity index (χ2v) is 4.96. The number of carbonyl (C=O) groups excluding carboxylic acids is 1. The molecule has 0 saturated heterocycles. The van der Waals surface area contributed by atoms with Gasteiger partial charge >= 0.3 is 0 Å². The first-order valence-electron chi connectivity index (χ1n) is 7.21. The molecule has 20 heavy (non-hydrogen) atoms. The summed E-state index contributed by atoms with van der Waals surface area (Å²) in [4.78, 5) is 14.2. The Bertz CT molecular complexity index is 381. The van der Waals surface area contributed by atoms with Crippen LogP contribution in [0.1, 0.15) is 25.8 Å². The van der Waals surface area contributed by atoms with E-state index in [0.717, 1.165) is 12.1 Å². The highest BCUT2D eigenvalue weighted by atomic mass is 16.5. The fraction of sp³-hybridized carbons (Fsp3) is 0.562. The van der Waals surface area contributed by atoms with Gasteiger partial charge in [0.1, 0.15) is 0 Å². The second kappa shape index (κ2) is 9.50. The van der Waals surface area contributed by atoms with Crippen molar-refractivity contribution >= 4 is 5.91 Å². The lowest BCUT2D eigenvalue weighted by Gasteiger charge is -2.24. The minimum atomic E-state index is 0.166. The van der Waals surface area contributed by atoms with Gasteiger partial charge in [-0.1, -0.05) is 37.3 Å². The maximum absolute atomic E-state index is 12.4. The van der Waals surface area contributed by atoms with E-state index in [1.807, 2.05) is 49.1 Å². The van der Waals surface area contributed by atoms with Crippen molar-refractivity contribution < 1.29 is 9.53 Å². The molecule has 1 amide bonds. The molecule has 0 spiro atoms. The van der Waals surface area contributed by atoms with Crippen LogP contribution in [-0.2, 0) is 16.1 Å². The van der Waals surface area contributed by atoms with Crippen LogP contribution in [0.25, 0.3) is 0 Å². The van der Waals surface area contributed by atoms with E-state index in [1.165, 1.54) is 0 Å². The van der Waals surface area contributed by atoms with E-state index in [4.69, 9.17) is 4.74 Å². The Labute approximate surface area is 122 Å². The number of ether oxygens (including phenoxy) is 1. The van der Waals surface area contributed by atoms with Gasteiger partial charge in [-0.2, -0.15) is 0 Å². The molecule has 0 aliphatic rings. The molecule has 1 aromatic carbocycles. The number of nitrogens with one attached hydrogen (secondary N) is 1. The quantitative estimate of drug-likeness (QED) is 0.751. The van der Waals surface area contributed by atoms with Gasteiger partial charge < -0.3 is 15.0 Å². The molecule has 1 aromatic rings. The van der Waals surface area contributed by atoms with Crippen molar-refractivity contribution in [1.82, 2.24) is 10.2 Å². The third-order valence-electron chi connectivity index (χ3n) is 3.17. The van der Waals surface area contributed by atoms with Crippen molar-refractivity contribution in [3.8, 4) is 0 Å². The largest absolute Gasteiger partial charge is 0.383 e. The molecule has 0 bridgehead atoms. The predicted molar refractivity (Wildman–Crippen MR) is 81.5 cm³/mol. The summed E-state index contributed by atoms with van der Waals surface area (Å²) in [6, 6.07) is 10.3. The molecule has 1 N–H and O–H groups in total. The molecule has 4 nitrogen and oxygen atoms in total. The number of hydrogen-bond acceptors (Lipinski definition) is 3. The lowest BCUT2D eigenvalue weighted by atomic mass is 10.1. The Morgan fingerprint density at radius 2 is 2.05 bits per heavy atom. The SMILES string of the molecule is CCNC(C)CC(=O)N(CCOC)Cc1ccccc1. The van der Waals surface area contributed by atoms with E-state index in [-0.39, 0.29) is 11.9 Å². The van der Waals surface area contributed by atoms with Crippen molar-refractivity contribution in [3.63, 3.8) is 0 Å². The number of carbonyl (C=O) groups is 1. The summed E-state index contributed by atoms with van der Waals surface area (Å²) in [5.41, 5.74) is 1.15. The van der Waals surface area contributed by atoms with Crippen molar-refractivity contribution in [2.24, 2.45) is 0 Å². The molecule has 0 saturated carbocycles. The van der Waals surface area contributed by atoms with Gasteiger partial charge in [0.15, 0.2) is 0 Å². The number of rotatable bonds is 9. The summed E-state index contributed by atoms with van der Waals surface area (Å²) in [7, 11) is 1.66. The molecule has 1 rings (SSSR count). The summed E-state index contributed by atoms with van der Waals surface area (Å²) in [6.45, 7) is 6.80. The molecule has 0 aliphatic heterocycles. The van der Waals surface area contributed by atoms with Crippen molar-refractivity contribution in [1.29, 1.82) is 0 Å². The van der Waals surface area contributed by atoms with Gasteiger partial charge in [-0.05, 0) is 19.0 Å². The van der Waals surface area contributed by atoms with Crippen LogP contribution in [-0.4, -0.2) is 43.7 Å². The first kappa shape index (κ1) is 16.7. The Kier molecular flexibility index (Phi) is 7.92. The van der Waals surface area contributed by atoms with Gasteiger partial charge in [-0.3, -0.25) is 4.79 Å². The fourth-order valence-corrected chi connectivity index (χ4v) is 2.11. The van der Waals surface area contributed by atoms with Crippen LogP contribution in [0.4, 0.5) is 0 Å². The summed E-state index contributed by atoms with van der Waals surface area (Å²) >= 11 is 0. The third kappa shape index (κ3) is 6.17. The number of nitrogens with zero attached hydrogens (tertiary/aromatic N) is 1. The molecule has 0 aromatic heterocycles. The number of hydrogen-bond donors (Lipinski definition) is 1. The lowest BCUT2D eigenvalue weighted by Crippen LogP contribution is -2.38. The van der Waals surface area contributed by atoms with Gasteiger partial charge in [0.05, 0.1) is 6.61 Å². The maximum atomic E-state index is 12.4. The minimum Gasteiger partial charge on any atom is -0.383 e. The molecule has 1 unspecified atom stereocenters. The van der Waals surface area contributed by atoms with Gasteiger partial charge in [0, 0.05) is 32.7 Å². The number of benzene rings is 1. The molecular formula is C16H26N2O2. The van der Waals surface area contributed by atoms with Crippen LogP contribution in [0.15, 0.2) is 30.3 Å². The molecule has 112 valence electrons. The molecule has 1 atom stereocenters. The third-order valence-corrected chi connectivity index (χ3v) is 3.17. The first-order valence-corrected chi connectivity index (χ1v) is 7.21. The highest BCUT2D eigenvalue weighted by Gasteiger charge is 2.16. The second-order valence-electron chi connectivity index (χ2n) is 4.96. The van der Waals surface area contributed by atoms with Crippen LogP contribution in [0.3, 0.4) is 0 Å². The predicted octanol–water partition coefficient (Wildman–Crippen LogP) is 2.05. The standard InChI is InChI=1S/C16H26N2O2/c1-4-17-14(2)12-16(19)18(10-11-20-3)13-15-8-6-5-7-9-15/h5-9,14,17H,4,10-13H2,1-3H3. The van der Waals surface area contributed by atoms with Crippen LogP contribution in [0.5, 0.6) is 0 Å². The Morgan fingerprint density at radius 1 is 1.35 bits per heavy atom. The van der Waals surface area contributed by atoms with E-state index in [0.29, 0.717) is 26.1 Å². The van der Waals surface area contributed by atoms with Crippen molar-refractivity contribution in [3.05, 3.63) is 35.9 Å². The van der Waals surface area contributed by atoms with Crippen LogP contribution in [0, 0.1) is 0 Å². The molecule has 4 heteroatoms. The highest BCUT2D eigenvalue weighted by Crippen LogP contribution is 2.07. The molecule has 0 radical (unpaired) electrons. The topological polar surface area (TPSA) is 41.6 Å². The maximum Gasteiger partial charge on any atom is 0.224 e. The zero-order valence-corrected chi connectivity index (χ0v) is 12.8. The zero-order chi connectivity index (χ0) is 14.8. The smallest absolute Gasteiger partial charge is 0.224 e. The number of methoxy groups -OCH3 is 1. The molecule has 0 aliphatic carbocycles. The van der Waals surface area contributed by atoms with Crippen molar-refractivity contribution in [2.45, 2.75) is 32.9 Å². The van der Waals surface area contributed by atoms with Gasteiger partial charge in [-0.25, -0.2) is 0 Å². The highest BCUT2D eigenvalue weighted by molar-refractivity contribution is 5.76. The Balaban J connectivity index is 2.60. The minimum absolute atomic E-state index is 0.166. The van der Waals surface area contributed by atoms with E-state index >= 15 is 0 Å². The van der Waals surface area contributed by atoms with E-state index < -0.39 is 0 Å². The molecule has 0 fully saturated rings. The van der Waals surface area contributed by atoms with E-state index in [1.54, 1.807) is 7.11 Å². The van der Waals surface area contributed by atoms with Gasteiger partial charge in [-0.15, -0.1) is 0 Å².